The number of fused-ring (bicyclic) bond motifs is 5. The predicted octanol–water partition coefficient (Wildman–Crippen LogP) is 11.7. The first-order valence-corrected chi connectivity index (χ1v) is 14.6. The van der Waals surface area contributed by atoms with E-state index in [0.717, 1.165) is 38.8 Å². The van der Waals surface area contributed by atoms with E-state index >= 15 is 0 Å². The van der Waals surface area contributed by atoms with Crippen molar-refractivity contribution in [2.75, 3.05) is 4.90 Å². The Morgan fingerprint density at radius 2 is 1.17 bits per heavy atom. The summed E-state index contributed by atoms with van der Waals surface area (Å²) in [6, 6.07) is 45.5. The fourth-order valence-corrected chi connectivity index (χ4v) is 7.06. The van der Waals surface area contributed by atoms with Crippen LogP contribution >= 0.6 is 22.9 Å². The van der Waals surface area contributed by atoms with Gasteiger partial charge in [0.2, 0.25) is 0 Å². The normalized spacial score (nSPS) is 11.9. The molecule has 196 valence electrons. The average molecular weight is 568 g/mol. The highest BCUT2D eigenvalue weighted by Crippen LogP contribution is 2.48. The minimum absolute atomic E-state index is 0.687. The van der Waals surface area contributed by atoms with Crippen LogP contribution in [0.4, 0.5) is 17.1 Å². The van der Waals surface area contributed by atoms with Crippen molar-refractivity contribution in [2.24, 2.45) is 0 Å². The van der Waals surface area contributed by atoms with Gasteiger partial charge >= 0.3 is 0 Å². The molecule has 0 spiro atoms. The molecule has 2 heterocycles. The van der Waals surface area contributed by atoms with Crippen LogP contribution in [-0.4, -0.2) is 0 Å². The Morgan fingerprint density at radius 1 is 0.537 bits per heavy atom. The van der Waals surface area contributed by atoms with E-state index in [4.69, 9.17) is 21.1 Å². The van der Waals surface area contributed by atoms with E-state index in [0.29, 0.717) is 17.2 Å². The number of halogens is 1. The van der Waals surface area contributed by atoms with Gasteiger partial charge in [-0.2, -0.15) is 0 Å². The fourth-order valence-electron chi connectivity index (χ4n) is 5.49. The van der Waals surface area contributed by atoms with Gasteiger partial charge in [-0.3, -0.25) is 0 Å². The number of anilines is 3. The molecular formula is C36H22ClNO2S. The number of rotatable bonds is 4. The van der Waals surface area contributed by atoms with Crippen molar-refractivity contribution in [3.8, 4) is 34.1 Å². The topological polar surface area (TPSA) is 21.7 Å². The zero-order valence-electron chi connectivity index (χ0n) is 21.8. The van der Waals surface area contributed by atoms with Gasteiger partial charge in [0.05, 0.1) is 5.69 Å². The summed E-state index contributed by atoms with van der Waals surface area (Å²) >= 11 is 8.49. The van der Waals surface area contributed by atoms with Crippen LogP contribution in [0, 0.1) is 0 Å². The van der Waals surface area contributed by atoms with Crippen molar-refractivity contribution in [3.63, 3.8) is 0 Å². The van der Waals surface area contributed by atoms with Gasteiger partial charge in [0, 0.05) is 42.6 Å². The Morgan fingerprint density at radius 3 is 1.98 bits per heavy atom. The molecule has 0 saturated carbocycles. The third-order valence-corrected chi connectivity index (χ3v) is 8.92. The second-order valence-electron chi connectivity index (χ2n) is 9.90. The molecule has 8 rings (SSSR count). The summed E-state index contributed by atoms with van der Waals surface area (Å²) in [5.74, 6) is 2.82. The number of ether oxygens (including phenoxy) is 2. The maximum Gasteiger partial charge on any atom is 0.172 e. The SMILES string of the molecule is Clc1ccc(-c2ccc(N(c3ccccc3)c3ccc4c(c3)Oc3ccccc3O4)cc2)c2sc3ccccc3c12. The highest BCUT2D eigenvalue weighted by Gasteiger charge is 2.21. The molecule has 0 atom stereocenters. The van der Waals surface area contributed by atoms with E-state index in [1.165, 1.54) is 20.3 Å². The van der Waals surface area contributed by atoms with Crippen molar-refractivity contribution in [1.82, 2.24) is 0 Å². The zero-order valence-corrected chi connectivity index (χ0v) is 23.3. The second-order valence-corrected chi connectivity index (χ2v) is 11.4. The molecule has 0 N–H and O–H groups in total. The number of benzene rings is 6. The lowest BCUT2D eigenvalue weighted by atomic mass is 10.0. The van der Waals surface area contributed by atoms with E-state index in [1.807, 2.05) is 48.5 Å². The molecule has 41 heavy (non-hydrogen) atoms. The lowest BCUT2D eigenvalue weighted by molar-refractivity contribution is 0.360. The van der Waals surface area contributed by atoms with Gasteiger partial charge in [-0.15, -0.1) is 11.3 Å². The monoisotopic (exact) mass is 567 g/mol. The van der Waals surface area contributed by atoms with E-state index < -0.39 is 0 Å². The lowest BCUT2D eigenvalue weighted by Crippen LogP contribution is -2.10. The van der Waals surface area contributed by atoms with Crippen LogP contribution in [0.2, 0.25) is 5.02 Å². The van der Waals surface area contributed by atoms with Gasteiger partial charge in [0.1, 0.15) is 0 Å². The number of nitrogens with zero attached hydrogens (tertiary/aromatic N) is 1. The summed E-state index contributed by atoms with van der Waals surface area (Å²) in [4.78, 5) is 2.23. The first kappa shape index (κ1) is 24.1. The van der Waals surface area contributed by atoms with Gasteiger partial charge in [-0.25, -0.2) is 0 Å². The molecular weight excluding hydrogens is 546 g/mol. The maximum absolute atomic E-state index is 6.70. The zero-order chi connectivity index (χ0) is 27.3. The Hall–Kier alpha value is -4.77. The molecule has 1 aliphatic rings. The molecule has 0 fully saturated rings. The molecule has 0 unspecified atom stereocenters. The Bertz CT molecular complexity index is 2070. The van der Waals surface area contributed by atoms with Gasteiger partial charge in [0.15, 0.2) is 23.0 Å². The standard InChI is InChI=1S/C36H22ClNO2S/c37-29-20-19-27(36-35(29)28-10-4-7-13-34(28)41-36)23-14-16-25(17-15-23)38(24-8-2-1-3-9-24)26-18-21-32-33(22-26)40-31-12-6-5-11-30(31)39-32/h1-22H. The minimum Gasteiger partial charge on any atom is -0.450 e. The molecule has 0 saturated heterocycles. The third-order valence-electron chi connectivity index (χ3n) is 7.40. The van der Waals surface area contributed by atoms with Crippen LogP contribution in [0.15, 0.2) is 133 Å². The smallest absolute Gasteiger partial charge is 0.172 e. The van der Waals surface area contributed by atoms with E-state index in [-0.39, 0.29) is 0 Å². The van der Waals surface area contributed by atoms with Crippen LogP contribution < -0.4 is 14.4 Å². The Labute approximate surface area is 246 Å². The lowest BCUT2D eigenvalue weighted by Gasteiger charge is -2.27. The number of hydrogen-bond acceptors (Lipinski definition) is 4. The summed E-state index contributed by atoms with van der Waals surface area (Å²) < 4.78 is 14.8. The summed E-state index contributed by atoms with van der Waals surface area (Å²) in [7, 11) is 0. The maximum atomic E-state index is 6.70. The van der Waals surface area contributed by atoms with Crippen LogP contribution in [0.5, 0.6) is 23.0 Å². The van der Waals surface area contributed by atoms with E-state index in [1.54, 1.807) is 11.3 Å². The van der Waals surface area contributed by atoms with Crippen molar-refractivity contribution in [3.05, 3.63) is 138 Å². The quantitative estimate of drug-likeness (QED) is 0.211. The highest BCUT2D eigenvalue weighted by molar-refractivity contribution is 7.26. The molecule has 5 heteroatoms. The van der Waals surface area contributed by atoms with Gasteiger partial charge in [-0.05, 0) is 71.8 Å². The van der Waals surface area contributed by atoms with Gasteiger partial charge in [-0.1, -0.05) is 78.3 Å². The minimum atomic E-state index is 0.687. The van der Waals surface area contributed by atoms with Gasteiger partial charge in [0.25, 0.3) is 0 Å². The number of thiophene rings is 1. The fraction of sp³-hybridized carbons (Fsp3) is 0. The predicted molar refractivity (Wildman–Crippen MR) is 171 cm³/mol. The van der Waals surface area contributed by atoms with E-state index in [9.17, 15) is 0 Å². The molecule has 6 aromatic carbocycles. The van der Waals surface area contributed by atoms with Crippen molar-refractivity contribution in [2.45, 2.75) is 0 Å². The molecule has 0 amide bonds. The summed E-state index contributed by atoms with van der Waals surface area (Å²) in [5, 5.41) is 3.11. The Kier molecular flexibility index (Phi) is 5.69. The average Bonchev–Trinajstić information content (AvgIpc) is 3.42. The Balaban J connectivity index is 1.21. The van der Waals surface area contributed by atoms with Gasteiger partial charge < -0.3 is 14.4 Å². The number of para-hydroxylation sites is 3. The van der Waals surface area contributed by atoms with E-state index in [2.05, 4.69) is 89.8 Å². The molecule has 0 radical (unpaired) electrons. The highest BCUT2D eigenvalue weighted by atomic mass is 35.5. The first-order valence-electron chi connectivity index (χ1n) is 13.4. The third kappa shape index (κ3) is 4.12. The van der Waals surface area contributed by atoms with Crippen LogP contribution in [-0.2, 0) is 0 Å². The van der Waals surface area contributed by atoms with Crippen molar-refractivity contribution >= 4 is 60.2 Å². The van der Waals surface area contributed by atoms with Crippen LogP contribution in [0.1, 0.15) is 0 Å². The largest absolute Gasteiger partial charge is 0.450 e. The summed E-state index contributed by atoms with van der Waals surface area (Å²) in [6.07, 6.45) is 0. The second kappa shape index (κ2) is 9.70. The van der Waals surface area contributed by atoms with Crippen molar-refractivity contribution < 1.29 is 9.47 Å². The summed E-state index contributed by atoms with van der Waals surface area (Å²) in [5.41, 5.74) is 5.40. The van der Waals surface area contributed by atoms with Crippen LogP contribution in [0.25, 0.3) is 31.3 Å². The molecule has 7 aromatic rings. The number of hydrogen-bond donors (Lipinski definition) is 0. The molecule has 1 aromatic heterocycles. The molecule has 0 bridgehead atoms. The molecule has 3 nitrogen and oxygen atoms in total. The molecule has 1 aliphatic heterocycles. The first-order chi connectivity index (χ1) is 20.2. The summed E-state index contributed by atoms with van der Waals surface area (Å²) in [6.45, 7) is 0. The van der Waals surface area contributed by atoms with Crippen LogP contribution in [0.3, 0.4) is 0 Å². The molecule has 0 aliphatic carbocycles. The van der Waals surface area contributed by atoms with Crippen molar-refractivity contribution in [1.29, 1.82) is 0 Å².